The lowest BCUT2D eigenvalue weighted by atomic mass is 10.1. The minimum atomic E-state index is -4.54. The number of rotatable bonds is 5. The van der Waals surface area contributed by atoms with Crippen LogP contribution >= 0.6 is 0 Å². The van der Waals surface area contributed by atoms with Gasteiger partial charge < -0.3 is 24.6 Å². The fourth-order valence-electron chi connectivity index (χ4n) is 4.68. The Hall–Kier alpha value is -4.00. The van der Waals surface area contributed by atoms with Crippen LogP contribution in [0.2, 0.25) is 0 Å². The maximum Gasteiger partial charge on any atom is 0.419 e. The third-order valence-corrected chi connectivity index (χ3v) is 6.65. The summed E-state index contributed by atoms with van der Waals surface area (Å²) >= 11 is 0. The Kier molecular flexibility index (Phi) is 7.51. The van der Waals surface area contributed by atoms with Crippen LogP contribution in [-0.4, -0.2) is 67.4 Å². The molecule has 2 aromatic heterocycles. The molecule has 0 bridgehead atoms. The number of nitrogens with one attached hydrogen (secondary N) is 1. The standard InChI is InChI=1S/C26H26F4N6O3/c1-38-24(37)17-5-4-16(15-20(17)27)32-22-18-6-9-35(23-19(26(28,29)30)3-2-8-31-23)10-7-21(18)33-25(34-22)36-11-13-39-14-12-36/h2-5,8,15H,6-7,9-14H2,1H3,(H,32,33,34). The first-order valence-corrected chi connectivity index (χ1v) is 12.4. The van der Waals surface area contributed by atoms with Crippen molar-refractivity contribution in [2.24, 2.45) is 0 Å². The number of carbonyl (C=O) groups excluding carboxylic acids is 1. The number of benzene rings is 1. The van der Waals surface area contributed by atoms with Gasteiger partial charge in [0.25, 0.3) is 0 Å². The monoisotopic (exact) mass is 546 g/mol. The van der Waals surface area contributed by atoms with E-state index < -0.39 is 23.5 Å². The number of hydrogen-bond donors (Lipinski definition) is 1. The molecule has 0 aliphatic carbocycles. The molecule has 1 fully saturated rings. The number of aromatic nitrogens is 3. The normalized spacial score (nSPS) is 15.9. The number of methoxy groups -OCH3 is 1. The fraction of sp³-hybridized carbons (Fsp3) is 0.385. The van der Waals surface area contributed by atoms with Crippen LogP contribution in [0, 0.1) is 5.82 Å². The molecule has 0 atom stereocenters. The Balaban J connectivity index is 1.49. The Labute approximate surface area is 221 Å². The zero-order valence-electron chi connectivity index (χ0n) is 21.1. The predicted molar refractivity (Wildman–Crippen MR) is 135 cm³/mol. The third kappa shape index (κ3) is 5.72. The summed E-state index contributed by atoms with van der Waals surface area (Å²) in [5.41, 5.74) is 0.754. The molecule has 0 amide bonds. The van der Waals surface area contributed by atoms with Crippen molar-refractivity contribution in [2.45, 2.75) is 19.0 Å². The highest BCUT2D eigenvalue weighted by Crippen LogP contribution is 2.36. The number of ether oxygens (including phenoxy) is 2. The molecule has 0 unspecified atom stereocenters. The summed E-state index contributed by atoms with van der Waals surface area (Å²) in [4.78, 5) is 28.9. The molecule has 13 heteroatoms. The predicted octanol–water partition coefficient (Wildman–Crippen LogP) is 4.00. The molecule has 1 N–H and O–H groups in total. The summed E-state index contributed by atoms with van der Waals surface area (Å²) in [5.74, 6) is -0.813. The van der Waals surface area contributed by atoms with Gasteiger partial charge in [0.15, 0.2) is 0 Å². The van der Waals surface area contributed by atoms with Gasteiger partial charge in [-0.3, -0.25) is 0 Å². The molecular formula is C26H26F4N6O3. The van der Waals surface area contributed by atoms with Crippen LogP contribution in [-0.2, 0) is 28.5 Å². The summed E-state index contributed by atoms with van der Waals surface area (Å²) in [7, 11) is 1.17. The molecule has 0 spiro atoms. The second-order valence-corrected chi connectivity index (χ2v) is 9.07. The average molecular weight is 547 g/mol. The molecule has 2 aliphatic rings. The van der Waals surface area contributed by atoms with E-state index in [-0.39, 0.29) is 24.5 Å². The number of alkyl halides is 3. The quantitative estimate of drug-likeness (QED) is 0.377. The van der Waals surface area contributed by atoms with E-state index >= 15 is 0 Å². The molecule has 206 valence electrons. The highest BCUT2D eigenvalue weighted by Gasteiger charge is 2.36. The smallest absolute Gasteiger partial charge is 0.419 e. The van der Waals surface area contributed by atoms with Gasteiger partial charge in [0.1, 0.15) is 17.5 Å². The molecule has 5 rings (SSSR count). The second kappa shape index (κ2) is 11.0. The fourth-order valence-corrected chi connectivity index (χ4v) is 4.68. The zero-order chi connectivity index (χ0) is 27.6. The number of anilines is 4. The van der Waals surface area contributed by atoms with Crippen molar-refractivity contribution >= 4 is 29.2 Å². The van der Waals surface area contributed by atoms with E-state index in [0.717, 1.165) is 11.6 Å². The van der Waals surface area contributed by atoms with E-state index in [4.69, 9.17) is 14.7 Å². The van der Waals surface area contributed by atoms with Crippen LogP contribution in [0.3, 0.4) is 0 Å². The molecule has 3 aromatic rings. The molecule has 39 heavy (non-hydrogen) atoms. The number of halogens is 4. The van der Waals surface area contributed by atoms with Gasteiger partial charge in [-0.25, -0.2) is 19.2 Å². The average Bonchev–Trinajstić information content (AvgIpc) is 3.16. The van der Waals surface area contributed by atoms with Crippen LogP contribution in [0.5, 0.6) is 0 Å². The van der Waals surface area contributed by atoms with Gasteiger partial charge in [0.2, 0.25) is 5.95 Å². The lowest BCUT2D eigenvalue weighted by molar-refractivity contribution is -0.137. The van der Waals surface area contributed by atoms with Crippen molar-refractivity contribution < 1.29 is 31.8 Å². The first-order valence-electron chi connectivity index (χ1n) is 12.4. The topological polar surface area (TPSA) is 92.7 Å². The van der Waals surface area contributed by atoms with E-state index in [1.165, 1.54) is 37.6 Å². The van der Waals surface area contributed by atoms with Gasteiger partial charge in [-0.05, 0) is 36.8 Å². The maximum atomic E-state index is 14.6. The van der Waals surface area contributed by atoms with Crippen LogP contribution in [0.1, 0.15) is 27.2 Å². The molecule has 0 saturated carbocycles. The van der Waals surface area contributed by atoms with Gasteiger partial charge in [0.05, 0.1) is 37.1 Å². The number of fused-ring (bicyclic) bond motifs is 1. The van der Waals surface area contributed by atoms with Crippen LogP contribution in [0.25, 0.3) is 0 Å². The van der Waals surface area contributed by atoms with E-state index in [9.17, 15) is 22.4 Å². The van der Waals surface area contributed by atoms with E-state index in [0.29, 0.717) is 62.3 Å². The minimum absolute atomic E-state index is 0.130. The van der Waals surface area contributed by atoms with Crippen molar-refractivity contribution in [1.82, 2.24) is 15.0 Å². The van der Waals surface area contributed by atoms with Gasteiger partial charge in [-0.2, -0.15) is 18.2 Å². The van der Waals surface area contributed by atoms with Crippen molar-refractivity contribution in [3.63, 3.8) is 0 Å². The first-order chi connectivity index (χ1) is 18.7. The molecule has 2 aliphatic heterocycles. The number of esters is 1. The minimum Gasteiger partial charge on any atom is -0.465 e. The van der Waals surface area contributed by atoms with Crippen LogP contribution in [0.4, 0.5) is 40.8 Å². The largest absolute Gasteiger partial charge is 0.465 e. The Bertz CT molecular complexity index is 1360. The summed E-state index contributed by atoms with van der Waals surface area (Å²) in [6.07, 6.45) is -2.51. The van der Waals surface area contributed by atoms with Crippen molar-refractivity contribution in [1.29, 1.82) is 0 Å². The number of nitrogens with zero attached hydrogens (tertiary/aromatic N) is 5. The maximum absolute atomic E-state index is 14.6. The molecule has 4 heterocycles. The summed E-state index contributed by atoms with van der Waals surface area (Å²) in [6.45, 7) is 2.70. The third-order valence-electron chi connectivity index (χ3n) is 6.65. The lowest BCUT2D eigenvalue weighted by Gasteiger charge is -2.28. The zero-order valence-corrected chi connectivity index (χ0v) is 21.1. The second-order valence-electron chi connectivity index (χ2n) is 9.07. The summed E-state index contributed by atoms with van der Waals surface area (Å²) in [6, 6.07) is 6.31. The first kappa shape index (κ1) is 26.6. The summed E-state index contributed by atoms with van der Waals surface area (Å²) < 4.78 is 65.8. The molecular weight excluding hydrogens is 520 g/mol. The van der Waals surface area contributed by atoms with Gasteiger partial charge >= 0.3 is 12.1 Å². The number of hydrogen-bond acceptors (Lipinski definition) is 9. The van der Waals surface area contributed by atoms with Crippen LogP contribution < -0.4 is 15.1 Å². The SMILES string of the molecule is COC(=O)c1ccc(Nc2nc(N3CCOCC3)nc3c2CCN(c2ncccc2C(F)(F)F)CC3)cc1F. The molecule has 1 saturated heterocycles. The highest BCUT2D eigenvalue weighted by atomic mass is 19.4. The number of carbonyl (C=O) groups is 1. The number of morpholine rings is 1. The van der Waals surface area contributed by atoms with E-state index in [1.54, 1.807) is 4.90 Å². The van der Waals surface area contributed by atoms with E-state index in [1.807, 2.05) is 4.90 Å². The Morgan fingerprint density at radius 1 is 1.05 bits per heavy atom. The van der Waals surface area contributed by atoms with Crippen LogP contribution in [0.15, 0.2) is 36.5 Å². The van der Waals surface area contributed by atoms with E-state index in [2.05, 4.69) is 15.0 Å². The Morgan fingerprint density at radius 2 is 1.82 bits per heavy atom. The lowest BCUT2D eigenvalue weighted by Crippen LogP contribution is -2.37. The van der Waals surface area contributed by atoms with Gasteiger partial charge in [0, 0.05) is 50.0 Å². The summed E-state index contributed by atoms with van der Waals surface area (Å²) in [5, 5.41) is 3.14. The molecule has 1 aromatic carbocycles. The van der Waals surface area contributed by atoms with Crippen molar-refractivity contribution in [3.8, 4) is 0 Å². The highest BCUT2D eigenvalue weighted by molar-refractivity contribution is 5.90. The van der Waals surface area contributed by atoms with Crippen molar-refractivity contribution in [2.75, 3.05) is 61.6 Å². The molecule has 0 radical (unpaired) electrons. The van der Waals surface area contributed by atoms with Crippen molar-refractivity contribution in [3.05, 3.63) is 64.7 Å². The Morgan fingerprint density at radius 3 is 2.54 bits per heavy atom. The number of pyridine rings is 1. The van der Waals surface area contributed by atoms with Gasteiger partial charge in [-0.1, -0.05) is 0 Å². The molecule has 9 nitrogen and oxygen atoms in total. The van der Waals surface area contributed by atoms with Gasteiger partial charge in [-0.15, -0.1) is 0 Å².